The molecule has 3 aromatic rings. The minimum absolute atomic E-state index is 0.152. The minimum atomic E-state index is -3.22. The summed E-state index contributed by atoms with van der Waals surface area (Å²) < 4.78 is 25.1. The fraction of sp³-hybridized carbons (Fsp3) is 0.263. The second-order valence-corrected chi connectivity index (χ2v) is 8.71. The molecule has 2 aromatic heterocycles. The molecule has 1 atom stereocenters. The van der Waals surface area contributed by atoms with Crippen molar-refractivity contribution in [3.8, 4) is 11.1 Å². The molecule has 0 amide bonds. The van der Waals surface area contributed by atoms with Gasteiger partial charge in [0.25, 0.3) is 5.95 Å². The van der Waals surface area contributed by atoms with E-state index in [0.717, 1.165) is 16.8 Å². The molecule has 4 rings (SSSR count). The summed E-state index contributed by atoms with van der Waals surface area (Å²) in [5.41, 5.74) is 3.44. The average molecular weight is 382 g/mol. The number of nitrogens with zero attached hydrogens (tertiary/aromatic N) is 5. The van der Waals surface area contributed by atoms with Crippen LogP contribution in [0.5, 0.6) is 0 Å². The van der Waals surface area contributed by atoms with Crippen LogP contribution in [0.3, 0.4) is 0 Å². The Hall–Kier alpha value is -2.71. The van der Waals surface area contributed by atoms with Gasteiger partial charge < -0.3 is 0 Å². The summed E-state index contributed by atoms with van der Waals surface area (Å²) in [5.74, 6) is 0.576. The second kappa shape index (κ2) is 6.17. The maximum absolute atomic E-state index is 11.7. The summed E-state index contributed by atoms with van der Waals surface area (Å²) in [4.78, 5) is 5.03. The lowest BCUT2D eigenvalue weighted by molar-refractivity contribution is 0.309. The van der Waals surface area contributed by atoms with E-state index in [0.29, 0.717) is 16.5 Å². The molecule has 139 valence electrons. The zero-order valence-corrected chi connectivity index (χ0v) is 16.4. The monoisotopic (exact) mass is 382 g/mol. The molecule has 7 nitrogen and oxygen atoms in total. The fourth-order valence-electron chi connectivity index (χ4n) is 3.25. The number of pyridine rings is 1. The van der Waals surface area contributed by atoms with Gasteiger partial charge in [-0.2, -0.15) is 4.98 Å². The molecule has 1 radical (unpaired) electrons. The molecule has 1 unspecified atom stereocenters. The third-order valence-corrected chi connectivity index (χ3v) is 5.87. The SMILES string of the molecule is CC1=[C]C(C)N(C)N1c1nc2c(-c3ccc(S(C)(=O)=O)cc3)cccn2n1. The highest BCUT2D eigenvalue weighted by Gasteiger charge is 2.28. The van der Waals surface area contributed by atoms with E-state index in [-0.39, 0.29) is 6.04 Å². The number of allylic oxidation sites excluding steroid dienone is 1. The molecule has 8 heteroatoms. The normalized spacial score (nSPS) is 18.3. The summed E-state index contributed by atoms with van der Waals surface area (Å²) in [6, 6.07) is 10.8. The number of hydrogen-bond donors (Lipinski definition) is 0. The van der Waals surface area contributed by atoms with Crippen LogP contribution in [0.15, 0.2) is 53.2 Å². The first-order valence-electron chi connectivity index (χ1n) is 8.54. The molecule has 1 aliphatic heterocycles. The van der Waals surface area contributed by atoms with E-state index in [1.54, 1.807) is 28.8 Å². The summed E-state index contributed by atoms with van der Waals surface area (Å²) in [6.07, 6.45) is 6.40. The lowest BCUT2D eigenvalue weighted by Gasteiger charge is -2.27. The third-order valence-electron chi connectivity index (χ3n) is 4.75. The molecule has 0 aliphatic carbocycles. The number of hydrogen-bond acceptors (Lipinski definition) is 6. The van der Waals surface area contributed by atoms with E-state index in [1.807, 2.05) is 42.3 Å². The number of benzene rings is 1. The van der Waals surface area contributed by atoms with Crippen LogP contribution in [0.25, 0.3) is 16.8 Å². The van der Waals surface area contributed by atoms with Gasteiger partial charge in [0.2, 0.25) is 0 Å². The predicted molar refractivity (Wildman–Crippen MR) is 104 cm³/mol. The van der Waals surface area contributed by atoms with Gasteiger partial charge in [-0.05, 0) is 49.8 Å². The Morgan fingerprint density at radius 2 is 1.85 bits per heavy atom. The smallest absolute Gasteiger partial charge is 0.243 e. The number of rotatable bonds is 3. The second-order valence-electron chi connectivity index (χ2n) is 6.69. The molecule has 0 saturated carbocycles. The molecular formula is C19H20N5O2S. The Morgan fingerprint density at radius 3 is 2.44 bits per heavy atom. The first kappa shape index (κ1) is 17.7. The largest absolute Gasteiger partial charge is 0.264 e. The Kier molecular flexibility index (Phi) is 4.05. The van der Waals surface area contributed by atoms with Gasteiger partial charge in [0.05, 0.1) is 10.9 Å². The molecule has 0 bridgehead atoms. The van der Waals surface area contributed by atoms with E-state index in [2.05, 4.69) is 18.1 Å². The highest BCUT2D eigenvalue weighted by Crippen LogP contribution is 2.29. The zero-order valence-electron chi connectivity index (χ0n) is 15.6. The van der Waals surface area contributed by atoms with Crippen molar-refractivity contribution >= 4 is 21.4 Å². The van der Waals surface area contributed by atoms with Crippen molar-refractivity contribution in [2.24, 2.45) is 0 Å². The molecule has 0 fully saturated rings. The zero-order chi connectivity index (χ0) is 19.3. The van der Waals surface area contributed by atoms with Gasteiger partial charge in [-0.1, -0.05) is 12.1 Å². The molecule has 1 aromatic carbocycles. The number of hydrazine groups is 1. The van der Waals surface area contributed by atoms with Crippen LogP contribution >= 0.6 is 0 Å². The highest BCUT2D eigenvalue weighted by molar-refractivity contribution is 7.90. The summed E-state index contributed by atoms with van der Waals surface area (Å²) in [7, 11) is -1.25. The number of anilines is 1. The summed E-state index contributed by atoms with van der Waals surface area (Å²) >= 11 is 0. The van der Waals surface area contributed by atoms with Gasteiger partial charge in [0.1, 0.15) is 0 Å². The highest BCUT2D eigenvalue weighted by atomic mass is 32.2. The van der Waals surface area contributed by atoms with E-state index < -0.39 is 9.84 Å². The summed E-state index contributed by atoms with van der Waals surface area (Å²) in [6.45, 7) is 4.05. The van der Waals surface area contributed by atoms with Crippen LogP contribution in [-0.4, -0.2) is 47.4 Å². The van der Waals surface area contributed by atoms with Gasteiger partial charge in [0.15, 0.2) is 15.5 Å². The van der Waals surface area contributed by atoms with E-state index in [1.165, 1.54) is 6.26 Å². The topological polar surface area (TPSA) is 70.8 Å². The van der Waals surface area contributed by atoms with Gasteiger partial charge in [-0.25, -0.2) is 23.0 Å². The maximum Gasteiger partial charge on any atom is 0.264 e. The van der Waals surface area contributed by atoms with Gasteiger partial charge in [0, 0.05) is 30.8 Å². The molecule has 0 spiro atoms. The maximum atomic E-state index is 11.7. The third kappa shape index (κ3) is 3.00. The molecular weight excluding hydrogens is 362 g/mol. The van der Waals surface area contributed by atoms with Crippen molar-refractivity contribution in [2.45, 2.75) is 24.8 Å². The van der Waals surface area contributed by atoms with E-state index >= 15 is 0 Å². The van der Waals surface area contributed by atoms with Crippen molar-refractivity contribution in [3.05, 3.63) is 54.4 Å². The van der Waals surface area contributed by atoms with Crippen LogP contribution < -0.4 is 5.01 Å². The Labute approximate surface area is 158 Å². The van der Waals surface area contributed by atoms with E-state index in [9.17, 15) is 8.42 Å². The Bertz CT molecular complexity index is 1150. The minimum Gasteiger partial charge on any atom is -0.243 e. The van der Waals surface area contributed by atoms with Crippen molar-refractivity contribution in [2.75, 3.05) is 18.3 Å². The number of aromatic nitrogens is 3. The standard InChI is InChI=1S/C19H20N5O2S/c1-13-12-14(2)24(22(13)3)19-20-18-17(6-5-11-23(18)21-19)15-7-9-16(10-8-15)27(4,25)26/h5-11,13H,1-4H3. The number of fused-ring (bicyclic) bond motifs is 1. The first-order valence-corrected chi connectivity index (χ1v) is 10.4. The van der Waals surface area contributed by atoms with Crippen molar-refractivity contribution in [1.82, 2.24) is 19.6 Å². The van der Waals surface area contributed by atoms with Crippen molar-refractivity contribution in [1.29, 1.82) is 0 Å². The lowest BCUT2D eigenvalue weighted by Crippen LogP contribution is -2.38. The first-order chi connectivity index (χ1) is 12.8. The van der Waals surface area contributed by atoms with Crippen LogP contribution in [0.1, 0.15) is 13.8 Å². The van der Waals surface area contributed by atoms with E-state index in [4.69, 9.17) is 4.98 Å². The van der Waals surface area contributed by atoms with Gasteiger partial charge in [-0.15, -0.1) is 5.10 Å². The molecule has 0 N–H and O–H groups in total. The number of sulfone groups is 1. The predicted octanol–water partition coefficient (Wildman–Crippen LogP) is 2.56. The lowest BCUT2D eigenvalue weighted by atomic mass is 10.1. The van der Waals surface area contributed by atoms with Gasteiger partial charge >= 0.3 is 0 Å². The van der Waals surface area contributed by atoms with Crippen LogP contribution in [0.2, 0.25) is 0 Å². The van der Waals surface area contributed by atoms with Gasteiger partial charge in [-0.3, -0.25) is 0 Å². The molecule has 0 saturated heterocycles. The average Bonchev–Trinajstić information content (AvgIpc) is 3.14. The van der Waals surface area contributed by atoms with Crippen molar-refractivity contribution in [3.63, 3.8) is 0 Å². The molecule has 27 heavy (non-hydrogen) atoms. The van der Waals surface area contributed by atoms with Crippen LogP contribution in [-0.2, 0) is 9.84 Å². The number of likely N-dealkylation sites (N-methyl/N-ethyl adjacent to an activating group) is 1. The molecule has 3 heterocycles. The van der Waals surface area contributed by atoms with Crippen LogP contribution in [0, 0.1) is 6.08 Å². The Morgan fingerprint density at radius 1 is 1.15 bits per heavy atom. The fourth-order valence-corrected chi connectivity index (χ4v) is 3.88. The quantitative estimate of drug-likeness (QED) is 0.693. The Balaban J connectivity index is 1.80. The summed E-state index contributed by atoms with van der Waals surface area (Å²) in [5, 5.41) is 8.58. The molecule has 1 aliphatic rings. The van der Waals surface area contributed by atoms with Crippen molar-refractivity contribution < 1.29 is 8.42 Å². The van der Waals surface area contributed by atoms with Crippen LogP contribution in [0.4, 0.5) is 5.95 Å².